The van der Waals surface area contributed by atoms with Gasteiger partial charge < -0.3 is 20.3 Å². The first-order chi connectivity index (χ1) is 7.63. The van der Waals surface area contributed by atoms with Crippen molar-refractivity contribution in [2.75, 3.05) is 7.11 Å². The van der Waals surface area contributed by atoms with E-state index in [2.05, 4.69) is 5.32 Å². The largest absolute Gasteiger partial charge is 0.497 e. The molecule has 1 aromatic rings. The van der Waals surface area contributed by atoms with Gasteiger partial charge in [0.15, 0.2) is 0 Å². The van der Waals surface area contributed by atoms with Crippen molar-refractivity contribution in [1.29, 1.82) is 0 Å². The van der Waals surface area contributed by atoms with Crippen molar-refractivity contribution in [3.63, 3.8) is 0 Å². The number of aliphatic hydroxyl groups excluding tert-OH is 2. The molecule has 1 saturated heterocycles. The quantitative estimate of drug-likeness (QED) is 0.681. The zero-order valence-electron chi connectivity index (χ0n) is 9.42. The Morgan fingerprint density at radius 2 is 1.75 bits per heavy atom. The van der Waals surface area contributed by atoms with Crippen molar-refractivity contribution >= 4 is 0 Å². The normalized spacial score (nSPS) is 34.0. The first kappa shape index (κ1) is 11.4. The van der Waals surface area contributed by atoms with E-state index >= 15 is 0 Å². The van der Waals surface area contributed by atoms with Crippen LogP contribution in [0.5, 0.6) is 5.75 Å². The number of rotatable bonds is 2. The minimum atomic E-state index is -0.761. The Balaban J connectivity index is 2.18. The second-order valence-electron chi connectivity index (χ2n) is 4.19. The summed E-state index contributed by atoms with van der Waals surface area (Å²) in [5.41, 5.74) is 0.955. The summed E-state index contributed by atoms with van der Waals surface area (Å²) in [5, 5.41) is 22.7. The van der Waals surface area contributed by atoms with E-state index in [1.165, 1.54) is 0 Å². The van der Waals surface area contributed by atoms with Crippen LogP contribution in [0.15, 0.2) is 24.3 Å². The molecule has 4 atom stereocenters. The van der Waals surface area contributed by atoms with Crippen LogP contribution in [0.3, 0.4) is 0 Å². The zero-order valence-corrected chi connectivity index (χ0v) is 9.42. The van der Waals surface area contributed by atoms with Crippen LogP contribution < -0.4 is 10.1 Å². The van der Waals surface area contributed by atoms with Gasteiger partial charge in [0.1, 0.15) is 11.9 Å². The molecule has 88 valence electrons. The molecular formula is C12H17NO3. The van der Waals surface area contributed by atoms with Crippen LogP contribution in [-0.2, 0) is 0 Å². The van der Waals surface area contributed by atoms with E-state index in [1.54, 1.807) is 7.11 Å². The predicted molar refractivity (Wildman–Crippen MR) is 60.3 cm³/mol. The lowest BCUT2D eigenvalue weighted by molar-refractivity contribution is 0.0301. The Morgan fingerprint density at radius 3 is 2.19 bits per heavy atom. The fraction of sp³-hybridized carbons (Fsp3) is 0.500. The SMILES string of the molecule is COc1ccc([C@H]2N[C@H](C)[C@@H](O)[C@@H]2O)cc1. The minimum absolute atomic E-state index is 0.0953. The van der Waals surface area contributed by atoms with Crippen molar-refractivity contribution in [1.82, 2.24) is 5.32 Å². The Labute approximate surface area is 94.9 Å². The second kappa shape index (κ2) is 4.41. The molecule has 0 saturated carbocycles. The van der Waals surface area contributed by atoms with E-state index in [4.69, 9.17) is 4.74 Å². The van der Waals surface area contributed by atoms with Crippen LogP contribution in [0.25, 0.3) is 0 Å². The van der Waals surface area contributed by atoms with E-state index < -0.39 is 12.2 Å². The summed E-state index contributed by atoms with van der Waals surface area (Å²) in [4.78, 5) is 0. The molecule has 0 bridgehead atoms. The summed E-state index contributed by atoms with van der Waals surface area (Å²) >= 11 is 0. The highest BCUT2D eigenvalue weighted by atomic mass is 16.5. The Hall–Kier alpha value is -1.10. The topological polar surface area (TPSA) is 61.7 Å². The molecule has 3 N–H and O–H groups in total. The first-order valence-electron chi connectivity index (χ1n) is 5.39. The Bertz CT molecular complexity index is 352. The van der Waals surface area contributed by atoms with Gasteiger partial charge >= 0.3 is 0 Å². The van der Waals surface area contributed by atoms with Crippen molar-refractivity contribution in [2.45, 2.75) is 31.2 Å². The molecule has 4 nitrogen and oxygen atoms in total. The standard InChI is InChI=1S/C12H17NO3/c1-7-11(14)12(15)10(13-7)8-3-5-9(16-2)6-4-8/h3-7,10-15H,1-2H3/t7-,10-,11-,12-/m1/s1. The van der Waals surface area contributed by atoms with Crippen LogP contribution in [0.4, 0.5) is 0 Å². The maximum Gasteiger partial charge on any atom is 0.118 e. The maximum absolute atomic E-state index is 9.86. The average Bonchev–Trinajstić information content (AvgIpc) is 2.57. The summed E-state index contributed by atoms with van der Waals surface area (Å²) in [7, 11) is 1.61. The molecule has 0 aromatic heterocycles. The highest BCUT2D eigenvalue weighted by Crippen LogP contribution is 2.28. The van der Waals surface area contributed by atoms with E-state index in [0.717, 1.165) is 11.3 Å². The lowest BCUT2D eigenvalue weighted by Gasteiger charge is -2.16. The molecule has 0 radical (unpaired) electrons. The van der Waals surface area contributed by atoms with Gasteiger partial charge in [0.25, 0.3) is 0 Å². The molecule has 1 aliphatic rings. The third-order valence-corrected chi connectivity index (χ3v) is 3.12. The molecule has 4 heteroatoms. The number of hydrogen-bond acceptors (Lipinski definition) is 4. The lowest BCUT2D eigenvalue weighted by atomic mass is 10.0. The second-order valence-corrected chi connectivity index (χ2v) is 4.19. The summed E-state index contributed by atoms with van der Waals surface area (Å²) < 4.78 is 5.07. The van der Waals surface area contributed by atoms with Crippen molar-refractivity contribution < 1.29 is 14.9 Å². The van der Waals surface area contributed by atoms with Crippen molar-refractivity contribution in [3.05, 3.63) is 29.8 Å². The van der Waals surface area contributed by atoms with Crippen molar-refractivity contribution in [3.8, 4) is 5.75 Å². The monoisotopic (exact) mass is 223 g/mol. The highest BCUT2D eigenvalue weighted by Gasteiger charge is 2.39. The average molecular weight is 223 g/mol. The molecule has 1 fully saturated rings. The van der Waals surface area contributed by atoms with E-state index in [1.807, 2.05) is 31.2 Å². The fourth-order valence-corrected chi connectivity index (χ4v) is 2.08. The van der Waals surface area contributed by atoms with Gasteiger partial charge in [-0.05, 0) is 24.6 Å². The van der Waals surface area contributed by atoms with E-state index in [-0.39, 0.29) is 12.1 Å². The summed E-state index contributed by atoms with van der Waals surface area (Å²) in [6.45, 7) is 1.86. The van der Waals surface area contributed by atoms with Crippen LogP contribution in [0.2, 0.25) is 0 Å². The zero-order chi connectivity index (χ0) is 11.7. The molecule has 1 aliphatic heterocycles. The van der Waals surface area contributed by atoms with E-state index in [0.29, 0.717) is 0 Å². The molecular weight excluding hydrogens is 206 g/mol. The van der Waals surface area contributed by atoms with Gasteiger partial charge in [-0.25, -0.2) is 0 Å². The molecule has 0 spiro atoms. The molecule has 0 aliphatic carbocycles. The predicted octanol–water partition coefficient (Wildman–Crippen LogP) is 0.450. The van der Waals surface area contributed by atoms with Crippen LogP contribution in [0, 0.1) is 0 Å². The number of nitrogens with one attached hydrogen (secondary N) is 1. The third-order valence-electron chi connectivity index (χ3n) is 3.12. The van der Waals surface area contributed by atoms with E-state index in [9.17, 15) is 10.2 Å². The number of hydrogen-bond donors (Lipinski definition) is 3. The number of aliphatic hydroxyl groups is 2. The number of ether oxygens (including phenoxy) is 1. The third kappa shape index (κ3) is 1.91. The van der Waals surface area contributed by atoms with Gasteiger partial charge in [0.05, 0.1) is 19.3 Å². The van der Waals surface area contributed by atoms with Gasteiger partial charge in [-0.3, -0.25) is 0 Å². The van der Waals surface area contributed by atoms with Crippen LogP contribution in [0.1, 0.15) is 18.5 Å². The summed E-state index contributed by atoms with van der Waals surface area (Å²) in [6, 6.07) is 7.17. The Morgan fingerprint density at radius 1 is 1.12 bits per heavy atom. The number of methoxy groups -OCH3 is 1. The van der Waals surface area contributed by atoms with Crippen LogP contribution in [-0.4, -0.2) is 35.6 Å². The van der Waals surface area contributed by atoms with Gasteiger partial charge in [0, 0.05) is 6.04 Å². The van der Waals surface area contributed by atoms with Gasteiger partial charge in [-0.2, -0.15) is 0 Å². The first-order valence-corrected chi connectivity index (χ1v) is 5.39. The van der Waals surface area contributed by atoms with Gasteiger partial charge in [0.2, 0.25) is 0 Å². The van der Waals surface area contributed by atoms with Gasteiger partial charge in [-0.15, -0.1) is 0 Å². The smallest absolute Gasteiger partial charge is 0.118 e. The molecule has 2 rings (SSSR count). The Kier molecular flexibility index (Phi) is 3.14. The molecule has 16 heavy (non-hydrogen) atoms. The molecule has 1 aromatic carbocycles. The minimum Gasteiger partial charge on any atom is -0.497 e. The van der Waals surface area contributed by atoms with Gasteiger partial charge in [-0.1, -0.05) is 12.1 Å². The van der Waals surface area contributed by atoms with Crippen LogP contribution >= 0.6 is 0 Å². The fourth-order valence-electron chi connectivity index (χ4n) is 2.08. The molecule has 0 amide bonds. The lowest BCUT2D eigenvalue weighted by Crippen LogP contribution is -2.29. The number of benzene rings is 1. The summed E-state index contributed by atoms with van der Waals surface area (Å²) in [6.07, 6.45) is -1.48. The molecule has 0 unspecified atom stereocenters. The highest BCUT2D eigenvalue weighted by molar-refractivity contribution is 5.30. The molecule has 1 heterocycles. The summed E-state index contributed by atoms with van der Waals surface area (Å²) in [5.74, 6) is 0.782. The van der Waals surface area contributed by atoms with Crippen molar-refractivity contribution in [2.24, 2.45) is 0 Å². The maximum atomic E-state index is 9.86.